The Labute approximate surface area is 101 Å². The van der Waals surface area contributed by atoms with Gasteiger partial charge in [-0.3, -0.25) is 4.79 Å². The third-order valence-corrected chi connectivity index (χ3v) is 3.26. The summed E-state index contributed by atoms with van der Waals surface area (Å²) < 4.78 is 4.84. The van der Waals surface area contributed by atoms with Crippen LogP contribution in [0, 0.1) is 0 Å². The Kier molecular flexibility index (Phi) is 4.14. The lowest BCUT2D eigenvalue weighted by Gasteiger charge is -2.20. The van der Waals surface area contributed by atoms with Crippen LogP contribution < -0.4 is 5.32 Å². The quantitative estimate of drug-likeness (QED) is 0.750. The number of hydrogen-bond donors (Lipinski definition) is 2. The molecule has 0 saturated heterocycles. The predicted molar refractivity (Wildman–Crippen MR) is 63.5 cm³/mol. The van der Waals surface area contributed by atoms with Gasteiger partial charge in [-0.2, -0.15) is 0 Å². The van der Waals surface area contributed by atoms with Gasteiger partial charge in [0.2, 0.25) is 0 Å². The standard InChI is InChI=1S/C12H19N3O2/c1-17-12(16)11(6-10-7-13-8-14-10)15-9-4-2-3-5-9/h7-9,11,15H,2-6H2,1H3,(H,13,14)/t11-/m0/s1. The molecule has 0 radical (unpaired) electrons. The number of aromatic nitrogens is 2. The average Bonchev–Trinajstić information content (AvgIpc) is 3.00. The highest BCUT2D eigenvalue weighted by atomic mass is 16.5. The molecule has 1 atom stereocenters. The molecule has 1 aromatic heterocycles. The maximum Gasteiger partial charge on any atom is 0.323 e. The Hall–Kier alpha value is -1.36. The molecule has 17 heavy (non-hydrogen) atoms. The lowest BCUT2D eigenvalue weighted by Crippen LogP contribution is -2.44. The lowest BCUT2D eigenvalue weighted by atomic mass is 10.1. The van der Waals surface area contributed by atoms with Crippen LogP contribution in [0.5, 0.6) is 0 Å². The number of imidazole rings is 1. The fourth-order valence-electron chi connectivity index (χ4n) is 2.35. The highest BCUT2D eigenvalue weighted by Gasteiger charge is 2.25. The molecule has 1 fully saturated rings. The van der Waals surface area contributed by atoms with Gasteiger partial charge < -0.3 is 15.0 Å². The number of aromatic amines is 1. The van der Waals surface area contributed by atoms with Crippen LogP contribution in [0.25, 0.3) is 0 Å². The van der Waals surface area contributed by atoms with Crippen molar-refractivity contribution in [3.63, 3.8) is 0 Å². The third kappa shape index (κ3) is 3.30. The van der Waals surface area contributed by atoms with Crippen LogP contribution in [0.2, 0.25) is 0 Å². The molecule has 1 aliphatic rings. The first-order chi connectivity index (χ1) is 8.29. The zero-order valence-electron chi connectivity index (χ0n) is 10.1. The van der Waals surface area contributed by atoms with Crippen LogP contribution in [0.1, 0.15) is 31.4 Å². The zero-order valence-corrected chi connectivity index (χ0v) is 10.1. The molecule has 0 unspecified atom stereocenters. The van der Waals surface area contributed by atoms with Gasteiger partial charge in [0.05, 0.1) is 13.4 Å². The number of nitrogens with zero attached hydrogens (tertiary/aromatic N) is 1. The van der Waals surface area contributed by atoms with Crippen LogP contribution in [0.3, 0.4) is 0 Å². The van der Waals surface area contributed by atoms with Gasteiger partial charge in [0.25, 0.3) is 0 Å². The van der Waals surface area contributed by atoms with Crippen LogP contribution >= 0.6 is 0 Å². The van der Waals surface area contributed by atoms with Gasteiger partial charge in [-0.15, -0.1) is 0 Å². The summed E-state index contributed by atoms with van der Waals surface area (Å²) in [5, 5.41) is 3.38. The minimum absolute atomic E-state index is 0.202. The van der Waals surface area contributed by atoms with E-state index in [0.29, 0.717) is 12.5 Å². The van der Waals surface area contributed by atoms with Crippen LogP contribution in [-0.2, 0) is 16.0 Å². The Balaban J connectivity index is 1.94. The number of carbonyl (C=O) groups is 1. The predicted octanol–water partition coefficient (Wildman–Crippen LogP) is 1.03. The average molecular weight is 237 g/mol. The number of ether oxygens (including phenoxy) is 1. The fraction of sp³-hybridized carbons (Fsp3) is 0.667. The summed E-state index contributed by atoms with van der Waals surface area (Å²) in [4.78, 5) is 18.7. The largest absolute Gasteiger partial charge is 0.468 e. The number of hydrogen-bond acceptors (Lipinski definition) is 4. The molecule has 0 aliphatic heterocycles. The number of rotatable bonds is 5. The molecular weight excluding hydrogens is 218 g/mol. The first-order valence-electron chi connectivity index (χ1n) is 6.10. The third-order valence-electron chi connectivity index (χ3n) is 3.26. The minimum Gasteiger partial charge on any atom is -0.468 e. The summed E-state index contributed by atoms with van der Waals surface area (Å²) in [6.07, 6.45) is 8.76. The molecule has 1 aliphatic carbocycles. The van der Waals surface area contributed by atoms with E-state index in [0.717, 1.165) is 18.5 Å². The minimum atomic E-state index is -0.274. The lowest BCUT2D eigenvalue weighted by molar-refractivity contribution is -0.143. The number of H-pyrrole nitrogens is 1. The van der Waals surface area contributed by atoms with E-state index in [1.54, 1.807) is 12.5 Å². The van der Waals surface area contributed by atoms with Gasteiger partial charge in [0.15, 0.2) is 0 Å². The molecule has 2 N–H and O–H groups in total. The topological polar surface area (TPSA) is 67.0 Å². The van der Waals surface area contributed by atoms with Gasteiger partial charge >= 0.3 is 5.97 Å². The van der Waals surface area contributed by atoms with Crippen molar-refractivity contribution in [3.05, 3.63) is 18.2 Å². The van der Waals surface area contributed by atoms with Gasteiger partial charge in [0, 0.05) is 24.4 Å². The maximum absolute atomic E-state index is 11.7. The Morgan fingerprint density at radius 2 is 2.41 bits per heavy atom. The van der Waals surface area contributed by atoms with Crippen LogP contribution in [0.4, 0.5) is 0 Å². The summed E-state index contributed by atoms with van der Waals surface area (Å²) in [5.74, 6) is -0.202. The Morgan fingerprint density at radius 3 is 3.00 bits per heavy atom. The van der Waals surface area contributed by atoms with E-state index < -0.39 is 0 Å². The van der Waals surface area contributed by atoms with Crippen molar-refractivity contribution in [2.75, 3.05) is 7.11 Å². The van der Waals surface area contributed by atoms with Crippen molar-refractivity contribution >= 4 is 5.97 Å². The van der Waals surface area contributed by atoms with Crippen molar-refractivity contribution < 1.29 is 9.53 Å². The number of esters is 1. The second kappa shape index (κ2) is 5.82. The highest BCUT2D eigenvalue weighted by molar-refractivity contribution is 5.76. The SMILES string of the molecule is COC(=O)[C@H](Cc1cnc[nH]1)NC1CCCC1. The van der Waals surface area contributed by atoms with Crippen molar-refractivity contribution in [3.8, 4) is 0 Å². The van der Waals surface area contributed by atoms with E-state index in [4.69, 9.17) is 4.74 Å². The Morgan fingerprint density at radius 1 is 1.65 bits per heavy atom. The molecular formula is C12H19N3O2. The Bertz CT molecular complexity index is 345. The molecule has 0 amide bonds. The van der Waals surface area contributed by atoms with Gasteiger partial charge in [-0.1, -0.05) is 12.8 Å². The van der Waals surface area contributed by atoms with E-state index in [-0.39, 0.29) is 12.0 Å². The fourth-order valence-corrected chi connectivity index (χ4v) is 2.35. The van der Waals surface area contributed by atoms with E-state index >= 15 is 0 Å². The summed E-state index contributed by atoms with van der Waals surface area (Å²) >= 11 is 0. The molecule has 0 aromatic carbocycles. The van der Waals surface area contributed by atoms with Crippen molar-refractivity contribution in [2.24, 2.45) is 0 Å². The molecule has 0 bridgehead atoms. The van der Waals surface area contributed by atoms with E-state index in [1.165, 1.54) is 20.0 Å². The van der Waals surface area contributed by atoms with E-state index in [1.807, 2.05) is 0 Å². The molecule has 1 aromatic rings. The molecule has 2 rings (SSSR count). The molecule has 1 heterocycles. The molecule has 94 valence electrons. The van der Waals surface area contributed by atoms with Gasteiger partial charge in [0.1, 0.15) is 6.04 Å². The van der Waals surface area contributed by atoms with Crippen LogP contribution in [-0.4, -0.2) is 35.1 Å². The maximum atomic E-state index is 11.7. The summed E-state index contributed by atoms with van der Waals surface area (Å²) in [5.41, 5.74) is 0.950. The summed E-state index contributed by atoms with van der Waals surface area (Å²) in [7, 11) is 1.43. The van der Waals surface area contributed by atoms with Gasteiger partial charge in [-0.05, 0) is 12.8 Å². The molecule has 5 nitrogen and oxygen atoms in total. The highest BCUT2D eigenvalue weighted by Crippen LogP contribution is 2.18. The van der Waals surface area contributed by atoms with Crippen molar-refractivity contribution in [1.82, 2.24) is 15.3 Å². The summed E-state index contributed by atoms with van der Waals surface area (Å²) in [6, 6.07) is 0.172. The van der Waals surface area contributed by atoms with Crippen molar-refractivity contribution in [1.29, 1.82) is 0 Å². The monoisotopic (exact) mass is 237 g/mol. The number of carbonyl (C=O) groups excluding carboxylic acids is 1. The van der Waals surface area contributed by atoms with Gasteiger partial charge in [-0.25, -0.2) is 4.98 Å². The molecule has 5 heteroatoms. The van der Waals surface area contributed by atoms with Crippen molar-refractivity contribution in [2.45, 2.75) is 44.2 Å². The normalized spacial score (nSPS) is 18.2. The van der Waals surface area contributed by atoms with Crippen LogP contribution in [0.15, 0.2) is 12.5 Å². The summed E-state index contributed by atoms with van der Waals surface area (Å²) in [6.45, 7) is 0. The zero-order chi connectivity index (χ0) is 12.1. The van der Waals surface area contributed by atoms with E-state index in [2.05, 4.69) is 15.3 Å². The van der Waals surface area contributed by atoms with E-state index in [9.17, 15) is 4.79 Å². The number of methoxy groups -OCH3 is 1. The first kappa shape index (κ1) is 12.1. The first-order valence-corrected chi connectivity index (χ1v) is 6.10. The molecule has 1 saturated carbocycles. The smallest absolute Gasteiger partial charge is 0.323 e. The number of nitrogens with one attached hydrogen (secondary N) is 2. The second-order valence-electron chi connectivity index (χ2n) is 4.50. The second-order valence-corrected chi connectivity index (χ2v) is 4.50. The molecule has 0 spiro atoms.